The van der Waals surface area contributed by atoms with Crippen molar-refractivity contribution in [2.45, 2.75) is 60.3 Å². The van der Waals surface area contributed by atoms with Gasteiger partial charge in [-0.3, -0.25) is 9.51 Å². The molecule has 6 heteroatoms. The molecule has 2 aromatic carbocycles. The maximum Gasteiger partial charge on any atom is 0.439 e. The van der Waals surface area contributed by atoms with Crippen molar-refractivity contribution in [2.24, 2.45) is 10.4 Å². The Hall–Kier alpha value is -3.41. The maximum atomic E-state index is 11.5. The second kappa shape index (κ2) is 10.5. The first-order valence-corrected chi connectivity index (χ1v) is 12.5. The first-order valence-electron chi connectivity index (χ1n) is 12.5. The lowest BCUT2D eigenvalue weighted by Gasteiger charge is -2.35. The average Bonchev–Trinajstić information content (AvgIpc) is 3.26. The fraction of sp³-hybridized carbons (Fsp3) is 0.414. The molecule has 0 saturated carbocycles. The lowest BCUT2D eigenvalue weighted by Crippen LogP contribution is -2.40. The molecule has 2 heterocycles. The molecule has 0 aliphatic carbocycles. The summed E-state index contributed by atoms with van der Waals surface area (Å²) in [6, 6.07) is 16.6. The molecule has 0 atom stereocenters. The maximum absolute atomic E-state index is 11.5. The fourth-order valence-corrected chi connectivity index (χ4v) is 4.59. The highest BCUT2D eigenvalue weighted by Gasteiger charge is 2.23. The molecular formula is C29H36N4O2. The number of aliphatic imine (C=N–C) groups is 1. The van der Waals surface area contributed by atoms with E-state index in [2.05, 4.69) is 73.9 Å². The Labute approximate surface area is 207 Å². The van der Waals surface area contributed by atoms with E-state index in [0.29, 0.717) is 5.82 Å². The number of aromatic amines is 1. The highest BCUT2D eigenvalue weighted by Crippen LogP contribution is 2.31. The summed E-state index contributed by atoms with van der Waals surface area (Å²) in [6.45, 7) is 13.1. The number of nitrogens with one attached hydrogen (secondary N) is 1. The molecular weight excluding hydrogens is 436 g/mol. The van der Waals surface area contributed by atoms with E-state index < -0.39 is 5.76 Å². The third kappa shape index (κ3) is 6.18. The largest absolute Gasteiger partial charge is 0.439 e. The third-order valence-corrected chi connectivity index (χ3v) is 6.28. The smallest absolute Gasteiger partial charge is 0.356 e. The van der Waals surface area contributed by atoms with Crippen LogP contribution in [0.1, 0.15) is 59.4 Å². The Morgan fingerprint density at radius 3 is 2.40 bits per heavy atom. The molecule has 4 rings (SSSR count). The number of allylic oxidation sites excluding steroid dienone is 1. The summed E-state index contributed by atoms with van der Waals surface area (Å²) >= 11 is 0. The molecule has 1 aliphatic rings. The van der Waals surface area contributed by atoms with E-state index in [1.54, 1.807) is 0 Å². The quantitative estimate of drug-likeness (QED) is 0.408. The number of benzene rings is 2. The molecule has 35 heavy (non-hydrogen) atoms. The number of rotatable bonds is 8. The van der Waals surface area contributed by atoms with Crippen LogP contribution in [0.4, 0.5) is 0 Å². The van der Waals surface area contributed by atoms with Gasteiger partial charge in [-0.1, -0.05) is 87.8 Å². The number of amidine groups is 1. The summed E-state index contributed by atoms with van der Waals surface area (Å²) in [5, 5.41) is 3.87. The van der Waals surface area contributed by atoms with Gasteiger partial charge in [0.15, 0.2) is 5.82 Å². The van der Waals surface area contributed by atoms with Crippen LogP contribution in [0.15, 0.2) is 74.1 Å². The number of hydrogen-bond donors (Lipinski definition) is 1. The minimum atomic E-state index is -0.553. The van der Waals surface area contributed by atoms with E-state index in [0.717, 1.165) is 54.9 Å². The molecule has 0 amide bonds. The third-order valence-electron chi connectivity index (χ3n) is 6.28. The van der Waals surface area contributed by atoms with Gasteiger partial charge in [0.1, 0.15) is 5.84 Å². The molecule has 6 nitrogen and oxygen atoms in total. The van der Waals surface area contributed by atoms with E-state index in [9.17, 15) is 4.79 Å². The van der Waals surface area contributed by atoms with Crippen molar-refractivity contribution < 1.29 is 4.52 Å². The van der Waals surface area contributed by atoms with E-state index in [1.807, 2.05) is 24.3 Å². The standard InChI is InChI=1S/C29H36N4O2/c1-6-7-12-26-23(18-33(20(2)30-26)19-29(3,4)5)17-21-13-15-22(16-14-21)24-10-8-9-11-25(24)27-31-28(34)35-32-27/h8-11,13-16H,6-7,12,17-19H2,1-5H3,(H,31,32,34). The van der Waals surface area contributed by atoms with Crippen LogP contribution >= 0.6 is 0 Å². The Balaban J connectivity index is 1.59. The number of unbranched alkanes of at least 4 members (excludes halogenated alkanes) is 1. The van der Waals surface area contributed by atoms with Gasteiger partial charge in [-0.2, -0.15) is 0 Å². The van der Waals surface area contributed by atoms with Crippen molar-refractivity contribution >= 4 is 5.84 Å². The van der Waals surface area contributed by atoms with Crippen molar-refractivity contribution in [2.75, 3.05) is 13.1 Å². The first kappa shape index (κ1) is 24.7. The summed E-state index contributed by atoms with van der Waals surface area (Å²) in [7, 11) is 0. The normalized spacial score (nSPS) is 14.4. The second-order valence-electron chi connectivity index (χ2n) is 10.6. The summed E-state index contributed by atoms with van der Waals surface area (Å²) < 4.78 is 4.72. The molecule has 0 bridgehead atoms. The van der Waals surface area contributed by atoms with Crippen molar-refractivity contribution in [3.63, 3.8) is 0 Å². The number of H-pyrrole nitrogens is 1. The van der Waals surface area contributed by atoms with Gasteiger partial charge in [-0.05, 0) is 53.9 Å². The summed E-state index contributed by atoms with van der Waals surface area (Å²) in [6.07, 6.45) is 4.26. The van der Waals surface area contributed by atoms with Gasteiger partial charge < -0.3 is 4.90 Å². The van der Waals surface area contributed by atoms with Gasteiger partial charge in [-0.25, -0.2) is 9.79 Å². The summed E-state index contributed by atoms with van der Waals surface area (Å²) in [5.41, 5.74) is 7.08. The Morgan fingerprint density at radius 1 is 1.06 bits per heavy atom. The molecule has 3 aromatic rings. The molecule has 0 fully saturated rings. The zero-order chi connectivity index (χ0) is 25.0. The zero-order valence-corrected chi connectivity index (χ0v) is 21.5. The van der Waals surface area contributed by atoms with Gasteiger partial charge in [0, 0.05) is 24.4 Å². The number of aromatic nitrogens is 2. The predicted octanol–water partition coefficient (Wildman–Crippen LogP) is 6.46. The lowest BCUT2D eigenvalue weighted by molar-refractivity contribution is 0.281. The van der Waals surface area contributed by atoms with Crippen LogP contribution in [0.2, 0.25) is 0 Å². The van der Waals surface area contributed by atoms with Crippen molar-refractivity contribution in [3.8, 4) is 22.5 Å². The van der Waals surface area contributed by atoms with Crippen molar-refractivity contribution in [1.82, 2.24) is 15.0 Å². The van der Waals surface area contributed by atoms with Crippen LogP contribution < -0.4 is 5.76 Å². The molecule has 1 aromatic heterocycles. The Morgan fingerprint density at radius 2 is 1.77 bits per heavy atom. The molecule has 0 spiro atoms. The Kier molecular flexibility index (Phi) is 7.39. The molecule has 0 radical (unpaired) electrons. The minimum absolute atomic E-state index is 0.214. The van der Waals surface area contributed by atoms with Crippen LogP contribution in [-0.4, -0.2) is 34.0 Å². The van der Waals surface area contributed by atoms with Gasteiger partial charge in [0.2, 0.25) is 0 Å². The molecule has 0 saturated heterocycles. The van der Waals surface area contributed by atoms with Crippen LogP contribution in [0.3, 0.4) is 0 Å². The molecule has 0 unspecified atom stereocenters. The monoisotopic (exact) mass is 472 g/mol. The number of nitrogens with zero attached hydrogens (tertiary/aromatic N) is 3. The summed E-state index contributed by atoms with van der Waals surface area (Å²) in [5.74, 6) is 1.02. The van der Waals surface area contributed by atoms with Gasteiger partial charge in [-0.15, -0.1) is 0 Å². The number of hydrogen-bond acceptors (Lipinski definition) is 5. The predicted molar refractivity (Wildman–Crippen MR) is 142 cm³/mol. The highest BCUT2D eigenvalue weighted by atomic mass is 16.5. The summed E-state index contributed by atoms with van der Waals surface area (Å²) in [4.78, 5) is 21.6. The average molecular weight is 473 g/mol. The lowest BCUT2D eigenvalue weighted by atomic mass is 9.93. The Bertz CT molecular complexity index is 1270. The van der Waals surface area contributed by atoms with Gasteiger partial charge >= 0.3 is 5.76 Å². The van der Waals surface area contributed by atoms with E-state index in [-0.39, 0.29) is 5.41 Å². The van der Waals surface area contributed by atoms with Crippen LogP contribution in [0, 0.1) is 5.41 Å². The second-order valence-corrected chi connectivity index (χ2v) is 10.6. The molecule has 184 valence electrons. The van der Waals surface area contributed by atoms with E-state index in [4.69, 9.17) is 9.52 Å². The van der Waals surface area contributed by atoms with Gasteiger partial charge in [0.25, 0.3) is 0 Å². The van der Waals surface area contributed by atoms with E-state index >= 15 is 0 Å². The van der Waals surface area contributed by atoms with E-state index in [1.165, 1.54) is 23.3 Å². The first-order chi connectivity index (χ1) is 16.7. The van der Waals surface area contributed by atoms with Crippen LogP contribution in [0.25, 0.3) is 22.5 Å². The molecule has 1 aliphatic heterocycles. The van der Waals surface area contributed by atoms with Crippen molar-refractivity contribution in [1.29, 1.82) is 0 Å². The minimum Gasteiger partial charge on any atom is -0.356 e. The topological polar surface area (TPSA) is 74.5 Å². The van der Waals surface area contributed by atoms with Crippen LogP contribution in [-0.2, 0) is 6.42 Å². The van der Waals surface area contributed by atoms with Gasteiger partial charge in [0.05, 0.1) is 0 Å². The van der Waals surface area contributed by atoms with Crippen LogP contribution in [0.5, 0.6) is 0 Å². The molecule has 1 N–H and O–H groups in total. The fourth-order valence-electron chi connectivity index (χ4n) is 4.59. The highest BCUT2D eigenvalue weighted by molar-refractivity contribution is 5.82. The zero-order valence-electron chi connectivity index (χ0n) is 21.5. The SMILES string of the molecule is CCCCC1=C(Cc2ccc(-c3ccccc3-c3noc(=O)[nH]3)cc2)CN(CC(C)(C)C)C(C)=N1. The van der Waals surface area contributed by atoms with Crippen molar-refractivity contribution in [3.05, 3.63) is 75.9 Å².